The highest BCUT2D eigenvalue weighted by atomic mass is 16.5. The Morgan fingerprint density at radius 1 is 1.28 bits per heavy atom. The molecule has 0 radical (unpaired) electrons. The average molecular weight is 337 g/mol. The van der Waals surface area contributed by atoms with Crippen LogP contribution in [0.25, 0.3) is 6.08 Å². The minimum Gasteiger partial charge on any atom is -0.493 e. The van der Waals surface area contributed by atoms with Gasteiger partial charge in [-0.25, -0.2) is 0 Å². The van der Waals surface area contributed by atoms with Gasteiger partial charge in [-0.3, -0.25) is 4.79 Å². The van der Waals surface area contributed by atoms with Crippen LogP contribution in [-0.2, 0) is 11.2 Å². The Balaban J connectivity index is 1.51. The lowest BCUT2D eigenvalue weighted by atomic mass is 10.0. The second kappa shape index (κ2) is 7.99. The molecule has 4 nitrogen and oxygen atoms in total. The highest BCUT2D eigenvalue weighted by molar-refractivity contribution is 5.91. The zero-order valence-electron chi connectivity index (χ0n) is 14.3. The molecule has 1 heterocycles. The summed E-state index contributed by atoms with van der Waals surface area (Å²) in [6, 6.07) is 15.3. The topological polar surface area (TPSA) is 58.6 Å². The molecular weight excluding hydrogens is 314 g/mol. The molecule has 2 aromatic rings. The molecule has 0 aliphatic carbocycles. The molecule has 0 saturated carbocycles. The number of fused-ring (bicyclic) bond motifs is 1. The third-order valence-electron chi connectivity index (χ3n) is 4.29. The maximum atomic E-state index is 12.1. The average Bonchev–Trinajstić information content (AvgIpc) is 3.08. The zero-order chi connectivity index (χ0) is 17.6. The van der Waals surface area contributed by atoms with Crippen molar-refractivity contribution in [2.24, 2.45) is 0 Å². The number of amides is 1. The first-order valence-corrected chi connectivity index (χ1v) is 8.59. The predicted octanol–water partition coefficient (Wildman–Crippen LogP) is 3.26. The van der Waals surface area contributed by atoms with Crippen LogP contribution in [0.2, 0.25) is 0 Å². The minimum absolute atomic E-state index is 0.124. The van der Waals surface area contributed by atoms with Crippen molar-refractivity contribution in [1.29, 1.82) is 0 Å². The number of ether oxygens (including phenoxy) is 1. The van der Waals surface area contributed by atoms with Crippen molar-refractivity contribution in [3.8, 4) is 5.75 Å². The monoisotopic (exact) mass is 337 g/mol. The number of rotatable bonds is 6. The molecule has 0 spiro atoms. The Morgan fingerprint density at radius 2 is 2.08 bits per heavy atom. The van der Waals surface area contributed by atoms with Crippen LogP contribution in [0.5, 0.6) is 5.75 Å². The van der Waals surface area contributed by atoms with Crippen molar-refractivity contribution in [2.75, 3.05) is 6.61 Å². The van der Waals surface area contributed by atoms with E-state index in [0.717, 1.165) is 29.9 Å². The lowest BCUT2D eigenvalue weighted by molar-refractivity contribution is -0.117. The van der Waals surface area contributed by atoms with Crippen molar-refractivity contribution in [3.05, 3.63) is 71.3 Å². The minimum atomic E-state index is -0.586. The maximum absolute atomic E-state index is 12.1. The highest BCUT2D eigenvalue weighted by Gasteiger charge is 2.14. The van der Waals surface area contributed by atoms with E-state index in [1.54, 1.807) is 6.08 Å². The van der Waals surface area contributed by atoms with Gasteiger partial charge in [-0.05, 0) is 48.2 Å². The van der Waals surface area contributed by atoms with Crippen LogP contribution in [0.3, 0.4) is 0 Å². The van der Waals surface area contributed by atoms with Crippen LogP contribution in [0, 0.1) is 0 Å². The Labute approximate surface area is 148 Å². The van der Waals surface area contributed by atoms with Crippen molar-refractivity contribution in [1.82, 2.24) is 5.32 Å². The number of carbonyl (C=O) groups is 1. The molecule has 2 atom stereocenters. The largest absolute Gasteiger partial charge is 0.493 e. The third kappa shape index (κ3) is 4.70. The van der Waals surface area contributed by atoms with Crippen LogP contribution in [0.1, 0.15) is 36.1 Å². The Hall–Kier alpha value is -2.59. The van der Waals surface area contributed by atoms with Gasteiger partial charge in [-0.2, -0.15) is 0 Å². The first-order chi connectivity index (χ1) is 12.1. The summed E-state index contributed by atoms with van der Waals surface area (Å²) < 4.78 is 5.48. The van der Waals surface area contributed by atoms with Gasteiger partial charge in [0.05, 0.1) is 12.7 Å². The first-order valence-electron chi connectivity index (χ1n) is 8.59. The van der Waals surface area contributed by atoms with Crippen LogP contribution in [0.4, 0.5) is 0 Å². The van der Waals surface area contributed by atoms with E-state index in [1.165, 1.54) is 11.6 Å². The molecule has 25 heavy (non-hydrogen) atoms. The van der Waals surface area contributed by atoms with Gasteiger partial charge >= 0.3 is 0 Å². The van der Waals surface area contributed by atoms with Crippen molar-refractivity contribution >= 4 is 12.0 Å². The summed E-state index contributed by atoms with van der Waals surface area (Å²) >= 11 is 0. The lowest BCUT2D eigenvalue weighted by Gasteiger charge is -2.17. The van der Waals surface area contributed by atoms with E-state index in [1.807, 2.05) is 49.4 Å². The molecule has 2 N–H and O–H groups in total. The van der Waals surface area contributed by atoms with Gasteiger partial charge in [0, 0.05) is 18.5 Å². The molecule has 4 heteroatoms. The summed E-state index contributed by atoms with van der Waals surface area (Å²) in [5.74, 6) is 0.773. The van der Waals surface area contributed by atoms with Gasteiger partial charge < -0.3 is 15.2 Å². The van der Waals surface area contributed by atoms with Crippen LogP contribution < -0.4 is 10.1 Å². The zero-order valence-corrected chi connectivity index (χ0v) is 14.3. The van der Waals surface area contributed by atoms with E-state index in [0.29, 0.717) is 6.42 Å². The predicted molar refractivity (Wildman–Crippen MR) is 98.3 cm³/mol. The van der Waals surface area contributed by atoms with Crippen molar-refractivity contribution < 1.29 is 14.6 Å². The lowest BCUT2D eigenvalue weighted by Crippen LogP contribution is -2.32. The molecular formula is C21H23NO3. The fraction of sp³-hybridized carbons (Fsp3) is 0.286. The first kappa shape index (κ1) is 17.2. The SMILES string of the molecule is CC(CC(O)c1ccccc1)NC(=O)/C=C/c1ccc2c(c1)CCO2. The smallest absolute Gasteiger partial charge is 0.244 e. The Kier molecular flexibility index (Phi) is 5.51. The van der Waals surface area contributed by atoms with Crippen LogP contribution in [0.15, 0.2) is 54.6 Å². The normalized spacial score (nSPS) is 15.4. The summed E-state index contributed by atoms with van der Waals surface area (Å²) in [7, 11) is 0. The van der Waals surface area contributed by atoms with E-state index in [-0.39, 0.29) is 11.9 Å². The summed E-state index contributed by atoms with van der Waals surface area (Å²) in [4.78, 5) is 12.1. The quantitative estimate of drug-likeness (QED) is 0.796. The molecule has 0 saturated heterocycles. The van der Waals surface area contributed by atoms with Gasteiger partial charge in [0.15, 0.2) is 0 Å². The van der Waals surface area contributed by atoms with Crippen molar-refractivity contribution in [2.45, 2.75) is 31.9 Å². The molecule has 2 aromatic carbocycles. The molecule has 1 aliphatic rings. The Morgan fingerprint density at radius 3 is 2.88 bits per heavy atom. The van der Waals surface area contributed by atoms with Crippen LogP contribution in [-0.4, -0.2) is 23.7 Å². The fourth-order valence-electron chi connectivity index (χ4n) is 2.98. The number of benzene rings is 2. The number of aliphatic hydroxyl groups excluding tert-OH is 1. The highest BCUT2D eigenvalue weighted by Crippen LogP contribution is 2.26. The van der Waals surface area contributed by atoms with Gasteiger partial charge in [-0.15, -0.1) is 0 Å². The third-order valence-corrected chi connectivity index (χ3v) is 4.29. The van der Waals surface area contributed by atoms with Crippen molar-refractivity contribution in [3.63, 3.8) is 0 Å². The Bertz CT molecular complexity index is 755. The number of hydrogen-bond acceptors (Lipinski definition) is 3. The molecule has 1 amide bonds. The summed E-state index contributed by atoms with van der Waals surface area (Å²) in [5, 5.41) is 13.1. The standard InChI is InChI=1S/C21H23NO3/c1-15(13-19(23)17-5-3-2-4-6-17)22-21(24)10-8-16-7-9-20-18(14-16)11-12-25-20/h2-10,14-15,19,23H,11-13H2,1H3,(H,22,24)/b10-8+. The van der Waals surface area contributed by atoms with E-state index in [4.69, 9.17) is 4.74 Å². The molecule has 0 fully saturated rings. The molecule has 130 valence electrons. The summed E-state index contributed by atoms with van der Waals surface area (Å²) in [5.41, 5.74) is 3.03. The van der Waals surface area contributed by atoms with Gasteiger partial charge in [0.1, 0.15) is 5.75 Å². The number of carbonyl (C=O) groups excluding carboxylic acids is 1. The maximum Gasteiger partial charge on any atom is 0.244 e. The van der Waals surface area contributed by atoms with Crippen LogP contribution >= 0.6 is 0 Å². The molecule has 3 rings (SSSR count). The number of nitrogens with one attached hydrogen (secondary N) is 1. The second-order valence-corrected chi connectivity index (χ2v) is 6.37. The van der Waals surface area contributed by atoms with Gasteiger partial charge in [0.2, 0.25) is 5.91 Å². The second-order valence-electron chi connectivity index (χ2n) is 6.37. The molecule has 1 aliphatic heterocycles. The molecule has 0 aromatic heterocycles. The number of aliphatic hydroxyl groups is 1. The summed E-state index contributed by atoms with van der Waals surface area (Å²) in [6.45, 7) is 2.62. The number of hydrogen-bond donors (Lipinski definition) is 2. The summed E-state index contributed by atoms with van der Waals surface area (Å²) in [6.07, 6.45) is 4.13. The van der Waals surface area contributed by atoms with E-state index in [2.05, 4.69) is 11.4 Å². The van der Waals surface area contributed by atoms with Gasteiger partial charge in [-0.1, -0.05) is 36.4 Å². The fourth-order valence-corrected chi connectivity index (χ4v) is 2.98. The molecule has 0 bridgehead atoms. The van der Waals surface area contributed by atoms with E-state index >= 15 is 0 Å². The van der Waals surface area contributed by atoms with E-state index in [9.17, 15) is 9.90 Å². The molecule has 2 unspecified atom stereocenters. The van der Waals surface area contributed by atoms with E-state index < -0.39 is 6.10 Å². The van der Waals surface area contributed by atoms with Gasteiger partial charge in [0.25, 0.3) is 0 Å².